The van der Waals surface area contributed by atoms with Crippen molar-refractivity contribution in [1.82, 2.24) is 9.97 Å². The Morgan fingerprint density at radius 3 is 2.70 bits per heavy atom. The minimum Gasteiger partial charge on any atom is -0.309 e. The van der Waals surface area contributed by atoms with Gasteiger partial charge in [0, 0.05) is 12.4 Å². The van der Waals surface area contributed by atoms with Gasteiger partial charge < -0.3 is 5.32 Å². The van der Waals surface area contributed by atoms with Crippen molar-refractivity contribution < 1.29 is 9.59 Å². The fourth-order valence-electron chi connectivity index (χ4n) is 2.03. The molecule has 2 aromatic heterocycles. The molecule has 5 heteroatoms. The number of aromatic nitrogens is 2. The number of fused-ring (bicyclic) bond motifs is 1. The minimum atomic E-state index is -0.839. The van der Waals surface area contributed by atoms with Crippen molar-refractivity contribution in [2.75, 3.05) is 5.32 Å². The largest absolute Gasteiger partial charge is 0.309 e. The fourth-order valence-corrected chi connectivity index (χ4v) is 2.03. The van der Waals surface area contributed by atoms with Crippen molar-refractivity contribution in [3.63, 3.8) is 0 Å². The topological polar surface area (TPSA) is 72.0 Å². The van der Waals surface area contributed by atoms with Gasteiger partial charge in [0.15, 0.2) is 5.78 Å². The van der Waals surface area contributed by atoms with Crippen LogP contribution in [0.2, 0.25) is 0 Å². The molecule has 0 saturated heterocycles. The van der Waals surface area contributed by atoms with E-state index >= 15 is 0 Å². The van der Waals surface area contributed by atoms with Crippen LogP contribution in [0.15, 0.2) is 48.8 Å². The van der Waals surface area contributed by atoms with Gasteiger partial charge >= 0.3 is 0 Å². The summed E-state index contributed by atoms with van der Waals surface area (Å²) in [6, 6.07) is 8.78. The number of rotatable bonds is 2. The zero-order chi connectivity index (χ0) is 13.9. The van der Waals surface area contributed by atoms with Gasteiger partial charge in [0.05, 0.1) is 11.3 Å². The van der Waals surface area contributed by atoms with E-state index < -0.39 is 5.92 Å². The van der Waals surface area contributed by atoms with E-state index in [0.717, 1.165) is 0 Å². The van der Waals surface area contributed by atoms with Gasteiger partial charge in [-0.3, -0.25) is 14.6 Å². The predicted molar refractivity (Wildman–Crippen MR) is 74.0 cm³/mol. The minimum absolute atomic E-state index is 0.246. The molecule has 5 nitrogen and oxygen atoms in total. The highest BCUT2D eigenvalue weighted by atomic mass is 16.2. The van der Waals surface area contributed by atoms with E-state index in [1.165, 1.54) is 6.20 Å². The third kappa shape index (κ3) is 2.21. The lowest BCUT2D eigenvalue weighted by atomic mass is 9.93. The average Bonchev–Trinajstić information content (AvgIpc) is 2.48. The van der Waals surface area contributed by atoms with Crippen LogP contribution in [-0.2, 0) is 4.79 Å². The van der Waals surface area contributed by atoms with Gasteiger partial charge in [0.1, 0.15) is 11.7 Å². The van der Waals surface area contributed by atoms with Crippen LogP contribution < -0.4 is 5.32 Å². The highest BCUT2D eigenvalue weighted by Crippen LogP contribution is 2.24. The van der Waals surface area contributed by atoms with Crippen LogP contribution >= 0.6 is 0 Å². The highest BCUT2D eigenvalue weighted by molar-refractivity contribution is 6.21. The molecule has 0 radical (unpaired) electrons. The van der Waals surface area contributed by atoms with Gasteiger partial charge in [0.25, 0.3) is 0 Å². The molecular weight excluding hydrogens is 254 g/mol. The van der Waals surface area contributed by atoms with E-state index in [9.17, 15) is 9.59 Å². The summed E-state index contributed by atoms with van der Waals surface area (Å²) < 4.78 is 0. The summed E-state index contributed by atoms with van der Waals surface area (Å²) in [5.41, 5.74) is 1.13. The van der Waals surface area contributed by atoms with E-state index in [-0.39, 0.29) is 11.7 Å². The number of hydrogen-bond acceptors (Lipinski definition) is 4. The lowest BCUT2D eigenvalue weighted by Crippen LogP contribution is -2.34. The van der Waals surface area contributed by atoms with Gasteiger partial charge in [-0.05, 0) is 30.3 Å². The molecule has 0 spiro atoms. The molecule has 0 aromatic carbocycles. The normalized spacial score (nSPS) is 17.9. The molecule has 0 bridgehead atoms. The standard InChI is InChI=1S/C15H11N3O2/c19-13-11-5-3-9-17-14(11)18-15(20)12(13)7-6-10-4-1-2-8-16-10/h1-9,12H,(H,17,18,20)/b7-6+/t12-/m1/s1. The first-order valence-corrected chi connectivity index (χ1v) is 6.15. The van der Waals surface area contributed by atoms with Crippen LogP contribution in [0.1, 0.15) is 16.1 Å². The zero-order valence-corrected chi connectivity index (χ0v) is 10.5. The molecule has 0 saturated carbocycles. The maximum Gasteiger partial charge on any atom is 0.240 e. The van der Waals surface area contributed by atoms with E-state index in [2.05, 4.69) is 15.3 Å². The SMILES string of the molecule is O=C1Nc2ncccc2C(=O)[C@H]1/C=C/c1ccccn1. The van der Waals surface area contributed by atoms with E-state index in [1.54, 1.807) is 42.6 Å². The van der Waals surface area contributed by atoms with Crippen molar-refractivity contribution in [3.8, 4) is 0 Å². The first kappa shape index (κ1) is 12.2. The average molecular weight is 265 g/mol. The smallest absolute Gasteiger partial charge is 0.240 e. The monoisotopic (exact) mass is 265 g/mol. The highest BCUT2D eigenvalue weighted by Gasteiger charge is 2.32. The molecule has 1 aliphatic rings. The lowest BCUT2D eigenvalue weighted by molar-refractivity contribution is -0.117. The van der Waals surface area contributed by atoms with Crippen molar-refractivity contribution in [2.45, 2.75) is 0 Å². The zero-order valence-electron chi connectivity index (χ0n) is 10.5. The van der Waals surface area contributed by atoms with Gasteiger partial charge in [-0.15, -0.1) is 0 Å². The Morgan fingerprint density at radius 2 is 1.90 bits per heavy atom. The Kier molecular flexibility index (Phi) is 3.09. The van der Waals surface area contributed by atoms with Gasteiger partial charge in [-0.25, -0.2) is 4.98 Å². The molecule has 0 fully saturated rings. The number of hydrogen-bond donors (Lipinski definition) is 1. The van der Waals surface area contributed by atoms with E-state index in [0.29, 0.717) is 17.1 Å². The number of carbonyl (C=O) groups excluding carboxylic acids is 2. The number of anilines is 1. The third-order valence-corrected chi connectivity index (χ3v) is 3.03. The van der Waals surface area contributed by atoms with Crippen LogP contribution in [-0.4, -0.2) is 21.7 Å². The second-order valence-corrected chi connectivity index (χ2v) is 4.34. The molecule has 3 rings (SSSR count). The van der Waals surface area contributed by atoms with Gasteiger partial charge in [-0.1, -0.05) is 12.1 Å². The fraction of sp³-hybridized carbons (Fsp3) is 0.0667. The first-order valence-electron chi connectivity index (χ1n) is 6.15. The van der Waals surface area contributed by atoms with Crippen LogP contribution in [0.3, 0.4) is 0 Å². The van der Waals surface area contributed by atoms with Gasteiger partial charge in [-0.2, -0.15) is 0 Å². The number of ketones is 1. The summed E-state index contributed by atoms with van der Waals surface area (Å²) in [7, 11) is 0. The van der Waals surface area contributed by atoms with Crippen molar-refractivity contribution in [1.29, 1.82) is 0 Å². The molecule has 98 valence electrons. The molecule has 3 heterocycles. The molecule has 0 unspecified atom stereocenters. The molecule has 1 atom stereocenters. The molecule has 1 aliphatic heterocycles. The summed E-state index contributed by atoms with van der Waals surface area (Å²) in [6.07, 6.45) is 6.43. The lowest BCUT2D eigenvalue weighted by Gasteiger charge is -2.19. The molecule has 2 aromatic rings. The van der Waals surface area contributed by atoms with Gasteiger partial charge in [0.2, 0.25) is 5.91 Å². The number of nitrogens with one attached hydrogen (secondary N) is 1. The Labute approximate surface area is 115 Å². The van der Waals surface area contributed by atoms with Crippen LogP contribution in [0, 0.1) is 5.92 Å². The predicted octanol–water partition coefficient (Wildman–Crippen LogP) is 1.94. The maximum absolute atomic E-state index is 12.3. The van der Waals surface area contributed by atoms with E-state index in [4.69, 9.17) is 0 Å². The second kappa shape index (κ2) is 5.05. The van der Waals surface area contributed by atoms with Crippen LogP contribution in [0.5, 0.6) is 0 Å². The Bertz CT molecular complexity index is 695. The number of carbonyl (C=O) groups is 2. The van der Waals surface area contributed by atoms with Crippen molar-refractivity contribution in [2.24, 2.45) is 5.92 Å². The van der Waals surface area contributed by atoms with Crippen LogP contribution in [0.4, 0.5) is 5.82 Å². The maximum atomic E-state index is 12.3. The van der Waals surface area contributed by atoms with Crippen molar-refractivity contribution in [3.05, 3.63) is 60.1 Å². The summed E-state index contributed by atoms with van der Waals surface area (Å²) in [4.78, 5) is 32.3. The molecule has 1 N–H and O–H groups in total. The number of amides is 1. The summed E-state index contributed by atoms with van der Waals surface area (Å²) in [5, 5.41) is 2.63. The van der Waals surface area contributed by atoms with Crippen LogP contribution in [0.25, 0.3) is 6.08 Å². The molecule has 0 aliphatic carbocycles. The Hall–Kier alpha value is -2.82. The number of nitrogens with zero attached hydrogens (tertiary/aromatic N) is 2. The first-order chi connectivity index (χ1) is 9.75. The summed E-state index contributed by atoms with van der Waals surface area (Å²) >= 11 is 0. The van der Waals surface area contributed by atoms with E-state index in [1.807, 2.05) is 6.07 Å². The molecular formula is C15H11N3O2. The summed E-state index contributed by atoms with van der Waals surface area (Å²) in [6.45, 7) is 0. The Morgan fingerprint density at radius 1 is 1.05 bits per heavy atom. The Balaban J connectivity index is 1.90. The second-order valence-electron chi connectivity index (χ2n) is 4.34. The van der Waals surface area contributed by atoms with Crippen molar-refractivity contribution >= 4 is 23.6 Å². The molecule has 20 heavy (non-hydrogen) atoms. The summed E-state index contributed by atoms with van der Waals surface area (Å²) in [5.74, 6) is -1.13. The number of pyridine rings is 2. The molecule has 1 amide bonds. The number of Topliss-reactive ketones (excluding diaryl/α,β-unsaturated/α-hetero) is 1. The quantitative estimate of drug-likeness (QED) is 0.842. The third-order valence-electron chi connectivity index (χ3n) is 3.03.